The summed E-state index contributed by atoms with van der Waals surface area (Å²) < 4.78 is 0. The molecule has 0 spiro atoms. The second-order valence-electron chi connectivity index (χ2n) is 3.54. The van der Waals surface area contributed by atoms with Crippen LogP contribution in [0.5, 0.6) is 0 Å². The van der Waals surface area contributed by atoms with Crippen LogP contribution in [0.2, 0.25) is 0 Å². The van der Waals surface area contributed by atoms with Gasteiger partial charge in [-0.05, 0) is 25.1 Å². The third-order valence-electron chi connectivity index (χ3n) is 2.49. The minimum atomic E-state index is 0.306. The van der Waals surface area contributed by atoms with Gasteiger partial charge in [-0.3, -0.25) is 0 Å². The van der Waals surface area contributed by atoms with Crippen LogP contribution in [0.4, 0.5) is 0 Å². The molecule has 1 heterocycles. The second kappa shape index (κ2) is 6.44. The zero-order valence-corrected chi connectivity index (χ0v) is 9.18. The Hall–Kier alpha value is -0.0200. The van der Waals surface area contributed by atoms with Crippen LogP contribution >= 0.6 is 11.8 Å². The van der Waals surface area contributed by atoms with E-state index in [9.17, 15) is 4.79 Å². The molecule has 2 nitrogen and oxygen atoms in total. The number of thioether (sulfide) groups is 1. The molecule has 1 atom stereocenters. The van der Waals surface area contributed by atoms with Crippen molar-refractivity contribution in [1.82, 2.24) is 4.90 Å². The maximum absolute atomic E-state index is 10.6. The summed E-state index contributed by atoms with van der Waals surface area (Å²) in [5, 5.41) is 0. The molecule has 0 aromatic rings. The number of carbonyl (C=O) groups is 1. The molecule has 0 aromatic heterocycles. The van der Waals surface area contributed by atoms with E-state index in [-0.39, 0.29) is 0 Å². The third kappa shape index (κ3) is 4.14. The molecule has 76 valence electrons. The van der Waals surface area contributed by atoms with E-state index in [4.69, 9.17) is 0 Å². The Balaban J connectivity index is 2.14. The minimum absolute atomic E-state index is 0.306. The number of carbonyl (C=O) groups excluding carboxylic acids is 1. The fourth-order valence-electron chi connectivity index (χ4n) is 1.74. The Morgan fingerprint density at radius 1 is 1.62 bits per heavy atom. The molecular weight excluding hydrogens is 182 g/mol. The van der Waals surface area contributed by atoms with Crippen molar-refractivity contribution in [1.29, 1.82) is 0 Å². The highest BCUT2D eigenvalue weighted by molar-refractivity contribution is 7.99. The Morgan fingerprint density at radius 3 is 3.15 bits per heavy atom. The van der Waals surface area contributed by atoms with Crippen molar-refractivity contribution in [2.45, 2.75) is 19.8 Å². The van der Waals surface area contributed by atoms with Gasteiger partial charge in [0.15, 0.2) is 0 Å². The molecule has 0 amide bonds. The standard InChI is InChI=1S/C10H19NOS/c1-2-13-7-6-11-5-3-4-10(8-11)9-12/h9-10H,2-8H2,1H3. The van der Waals surface area contributed by atoms with Crippen molar-refractivity contribution in [3.05, 3.63) is 0 Å². The minimum Gasteiger partial charge on any atom is -0.303 e. The quantitative estimate of drug-likeness (QED) is 0.498. The van der Waals surface area contributed by atoms with Crippen LogP contribution in [0.25, 0.3) is 0 Å². The average Bonchev–Trinajstić information content (AvgIpc) is 2.19. The molecule has 0 radical (unpaired) electrons. The van der Waals surface area contributed by atoms with Crippen molar-refractivity contribution >= 4 is 18.0 Å². The number of piperidine rings is 1. The van der Waals surface area contributed by atoms with Crippen LogP contribution in [-0.2, 0) is 4.79 Å². The van der Waals surface area contributed by atoms with Gasteiger partial charge in [-0.1, -0.05) is 6.92 Å². The van der Waals surface area contributed by atoms with E-state index in [0.717, 1.165) is 25.8 Å². The zero-order valence-electron chi connectivity index (χ0n) is 8.37. The second-order valence-corrected chi connectivity index (χ2v) is 4.93. The first-order valence-electron chi connectivity index (χ1n) is 5.12. The molecule has 1 aliphatic heterocycles. The zero-order chi connectivity index (χ0) is 9.52. The van der Waals surface area contributed by atoms with Crippen LogP contribution in [0.1, 0.15) is 19.8 Å². The lowest BCUT2D eigenvalue weighted by molar-refractivity contribution is -0.112. The Bertz CT molecular complexity index is 152. The van der Waals surface area contributed by atoms with Gasteiger partial charge in [0.05, 0.1) is 0 Å². The predicted octanol–water partition coefficient (Wildman–Crippen LogP) is 1.65. The highest BCUT2D eigenvalue weighted by atomic mass is 32.2. The van der Waals surface area contributed by atoms with Gasteiger partial charge in [-0.2, -0.15) is 11.8 Å². The van der Waals surface area contributed by atoms with Gasteiger partial charge in [-0.15, -0.1) is 0 Å². The van der Waals surface area contributed by atoms with E-state index >= 15 is 0 Å². The summed E-state index contributed by atoms with van der Waals surface area (Å²) in [6.07, 6.45) is 3.42. The van der Waals surface area contributed by atoms with E-state index in [0.29, 0.717) is 5.92 Å². The van der Waals surface area contributed by atoms with Crippen molar-refractivity contribution in [3.63, 3.8) is 0 Å². The van der Waals surface area contributed by atoms with Crippen LogP contribution in [0, 0.1) is 5.92 Å². The maximum atomic E-state index is 10.6. The van der Waals surface area contributed by atoms with Crippen molar-refractivity contribution in [2.75, 3.05) is 31.1 Å². The van der Waals surface area contributed by atoms with Crippen molar-refractivity contribution in [2.24, 2.45) is 5.92 Å². The number of hydrogen-bond donors (Lipinski definition) is 0. The molecule has 1 aliphatic rings. The average molecular weight is 201 g/mol. The summed E-state index contributed by atoms with van der Waals surface area (Å²) in [5.41, 5.74) is 0. The van der Waals surface area contributed by atoms with Gasteiger partial charge in [0, 0.05) is 24.8 Å². The number of hydrogen-bond acceptors (Lipinski definition) is 3. The first kappa shape index (κ1) is 11.1. The topological polar surface area (TPSA) is 20.3 Å². The molecule has 1 unspecified atom stereocenters. The number of likely N-dealkylation sites (tertiary alicyclic amines) is 1. The Morgan fingerprint density at radius 2 is 2.46 bits per heavy atom. The number of nitrogens with zero attached hydrogens (tertiary/aromatic N) is 1. The molecule has 1 fully saturated rings. The monoisotopic (exact) mass is 201 g/mol. The molecule has 0 bridgehead atoms. The summed E-state index contributed by atoms with van der Waals surface area (Å²) in [5.74, 6) is 2.72. The molecule has 13 heavy (non-hydrogen) atoms. The van der Waals surface area contributed by atoms with E-state index in [2.05, 4.69) is 11.8 Å². The highest BCUT2D eigenvalue weighted by Gasteiger charge is 2.18. The summed E-state index contributed by atoms with van der Waals surface area (Å²) in [6, 6.07) is 0. The van der Waals surface area contributed by atoms with Crippen LogP contribution < -0.4 is 0 Å². The fourth-order valence-corrected chi connectivity index (χ4v) is 2.42. The summed E-state index contributed by atoms with van der Waals surface area (Å²) in [7, 11) is 0. The number of rotatable bonds is 5. The van der Waals surface area contributed by atoms with Gasteiger partial charge in [0.2, 0.25) is 0 Å². The van der Waals surface area contributed by atoms with Gasteiger partial charge in [-0.25, -0.2) is 0 Å². The van der Waals surface area contributed by atoms with Gasteiger partial charge >= 0.3 is 0 Å². The maximum Gasteiger partial charge on any atom is 0.124 e. The molecular formula is C10H19NOS. The molecule has 0 saturated carbocycles. The smallest absolute Gasteiger partial charge is 0.124 e. The summed E-state index contributed by atoms with van der Waals surface area (Å²) in [4.78, 5) is 13.0. The van der Waals surface area contributed by atoms with Gasteiger partial charge in [0.25, 0.3) is 0 Å². The summed E-state index contributed by atoms with van der Waals surface area (Å²) >= 11 is 1.98. The van der Waals surface area contributed by atoms with Crippen molar-refractivity contribution < 1.29 is 4.79 Å². The lowest BCUT2D eigenvalue weighted by Gasteiger charge is -2.29. The molecule has 0 N–H and O–H groups in total. The van der Waals surface area contributed by atoms with Gasteiger partial charge < -0.3 is 9.69 Å². The van der Waals surface area contributed by atoms with E-state index in [1.807, 2.05) is 11.8 Å². The molecule has 1 rings (SSSR count). The fraction of sp³-hybridized carbons (Fsp3) is 0.900. The molecule has 1 saturated heterocycles. The first-order chi connectivity index (χ1) is 6.36. The molecule has 0 aliphatic carbocycles. The third-order valence-corrected chi connectivity index (χ3v) is 3.37. The van der Waals surface area contributed by atoms with E-state index in [1.54, 1.807) is 0 Å². The lowest BCUT2D eigenvalue weighted by atomic mass is 10.00. The van der Waals surface area contributed by atoms with E-state index in [1.165, 1.54) is 24.5 Å². The largest absolute Gasteiger partial charge is 0.303 e. The molecule has 3 heteroatoms. The van der Waals surface area contributed by atoms with Crippen molar-refractivity contribution in [3.8, 4) is 0 Å². The highest BCUT2D eigenvalue weighted by Crippen LogP contribution is 2.14. The Kier molecular flexibility index (Phi) is 5.47. The molecule has 0 aromatic carbocycles. The first-order valence-corrected chi connectivity index (χ1v) is 6.27. The summed E-state index contributed by atoms with van der Waals surface area (Å²) in [6.45, 7) is 5.53. The number of aldehydes is 1. The van der Waals surface area contributed by atoms with Crippen LogP contribution in [0.15, 0.2) is 0 Å². The van der Waals surface area contributed by atoms with Crippen LogP contribution in [0.3, 0.4) is 0 Å². The lowest BCUT2D eigenvalue weighted by Crippen LogP contribution is -2.37. The Labute approximate surface area is 85.1 Å². The van der Waals surface area contributed by atoms with Gasteiger partial charge in [0.1, 0.15) is 6.29 Å². The van der Waals surface area contributed by atoms with Crippen LogP contribution in [-0.4, -0.2) is 42.3 Å². The predicted molar refractivity (Wildman–Crippen MR) is 58.2 cm³/mol. The SMILES string of the molecule is CCSCCN1CCCC(C=O)C1. The van der Waals surface area contributed by atoms with E-state index < -0.39 is 0 Å². The normalized spacial score (nSPS) is 24.5.